The number of carbonyl (C=O) groups is 1. The summed E-state index contributed by atoms with van der Waals surface area (Å²) in [5.41, 5.74) is 1.02. The standard InChI is InChI=1S/C12H17N2O2/c1-13(2)11(15)12(16)14(3)9-10-7-5-4-6-8-10/h4-8,11H,9H2,1-3H3. The third kappa shape index (κ3) is 3.32. The molecule has 0 saturated carbocycles. The van der Waals surface area contributed by atoms with Crippen LogP contribution in [0.4, 0.5) is 0 Å². The van der Waals surface area contributed by atoms with Crippen LogP contribution in [0.15, 0.2) is 30.3 Å². The first-order valence-electron chi connectivity index (χ1n) is 5.13. The van der Waals surface area contributed by atoms with Gasteiger partial charge < -0.3 is 4.90 Å². The number of amides is 1. The van der Waals surface area contributed by atoms with Crippen molar-refractivity contribution in [3.8, 4) is 0 Å². The van der Waals surface area contributed by atoms with E-state index in [1.54, 1.807) is 21.1 Å². The van der Waals surface area contributed by atoms with Gasteiger partial charge in [-0.05, 0) is 19.7 Å². The summed E-state index contributed by atoms with van der Waals surface area (Å²) in [5.74, 6) is -0.408. The Labute approximate surface area is 96.1 Å². The van der Waals surface area contributed by atoms with Crippen molar-refractivity contribution in [2.75, 3.05) is 21.1 Å². The van der Waals surface area contributed by atoms with Gasteiger partial charge in [0.1, 0.15) is 0 Å². The van der Waals surface area contributed by atoms with E-state index in [0.717, 1.165) is 5.56 Å². The number of benzene rings is 1. The van der Waals surface area contributed by atoms with E-state index in [9.17, 15) is 9.90 Å². The Morgan fingerprint density at radius 1 is 1.19 bits per heavy atom. The van der Waals surface area contributed by atoms with Crippen molar-refractivity contribution in [1.82, 2.24) is 9.80 Å². The Kier molecular flexibility index (Phi) is 4.46. The Hall–Kier alpha value is -1.39. The minimum atomic E-state index is -1.33. The molecule has 0 saturated heterocycles. The molecule has 4 nitrogen and oxygen atoms in total. The predicted molar refractivity (Wildman–Crippen MR) is 61.1 cm³/mol. The average Bonchev–Trinajstić information content (AvgIpc) is 2.28. The highest BCUT2D eigenvalue weighted by atomic mass is 16.3. The molecule has 0 fully saturated rings. The summed E-state index contributed by atoms with van der Waals surface area (Å²) >= 11 is 0. The van der Waals surface area contributed by atoms with E-state index in [2.05, 4.69) is 0 Å². The quantitative estimate of drug-likeness (QED) is 0.711. The third-order valence-corrected chi connectivity index (χ3v) is 2.32. The molecule has 16 heavy (non-hydrogen) atoms. The molecule has 0 spiro atoms. The molecule has 1 aromatic rings. The lowest BCUT2D eigenvalue weighted by atomic mass is 10.2. The molecule has 87 valence electrons. The van der Waals surface area contributed by atoms with Crippen molar-refractivity contribution in [1.29, 1.82) is 0 Å². The maximum absolute atomic E-state index is 11.7. The molecule has 0 aliphatic carbocycles. The highest BCUT2D eigenvalue weighted by molar-refractivity contribution is 5.79. The Bertz CT molecular complexity index is 338. The molecule has 0 aliphatic heterocycles. The lowest BCUT2D eigenvalue weighted by Crippen LogP contribution is -2.43. The molecule has 1 unspecified atom stereocenters. The molecular formula is C12H17N2O2. The number of likely N-dealkylation sites (N-methyl/N-ethyl adjacent to an activating group) is 2. The van der Waals surface area contributed by atoms with Crippen LogP contribution >= 0.6 is 0 Å². The number of hydrogen-bond acceptors (Lipinski definition) is 2. The zero-order valence-electron chi connectivity index (χ0n) is 9.88. The smallest absolute Gasteiger partial charge is 0.270 e. The van der Waals surface area contributed by atoms with E-state index in [1.807, 2.05) is 30.3 Å². The van der Waals surface area contributed by atoms with Crippen LogP contribution in [-0.4, -0.2) is 43.1 Å². The van der Waals surface area contributed by atoms with Gasteiger partial charge in [-0.2, -0.15) is 0 Å². The van der Waals surface area contributed by atoms with Crippen LogP contribution in [-0.2, 0) is 16.4 Å². The highest BCUT2D eigenvalue weighted by Gasteiger charge is 2.22. The van der Waals surface area contributed by atoms with Crippen LogP contribution in [0.1, 0.15) is 5.56 Å². The molecule has 0 bridgehead atoms. The molecule has 4 heteroatoms. The van der Waals surface area contributed by atoms with Crippen molar-refractivity contribution >= 4 is 5.91 Å². The van der Waals surface area contributed by atoms with E-state index in [0.29, 0.717) is 6.54 Å². The van der Waals surface area contributed by atoms with Gasteiger partial charge in [0.25, 0.3) is 5.91 Å². The summed E-state index contributed by atoms with van der Waals surface area (Å²) < 4.78 is 0. The lowest BCUT2D eigenvalue weighted by molar-refractivity contribution is -0.153. The first-order chi connectivity index (χ1) is 7.52. The van der Waals surface area contributed by atoms with Gasteiger partial charge in [0.15, 0.2) is 0 Å². The van der Waals surface area contributed by atoms with Crippen LogP contribution in [0, 0.1) is 0 Å². The molecule has 0 heterocycles. The number of carbonyl (C=O) groups excluding carboxylic acids is 1. The van der Waals surface area contributed by atoms with Crippen LogP contribution in [0.3, 0.4) is 0 Å². The van der Waals surface area contributed by atoms with Gasteiger partial charge in [0.05, 0.1) is 0 Å². The minimum Gasteiger partial charge on any atom is -0.338 e. The van der Waals surface area contributed by atoms with Gasteiger partial charge in [-0.3, -0.25) is 9.69 Å². The van der Waals surface area contributed by atoms with E-state index in [4.69, 9.17) is 0 Å². The topological polar surface area (TPSA) is 43.5 Å². The highest BCUT2D eigenvalue weighted by Crippen LogP contribution is 2.05. The molecular weight excluding hydrogens is 204 g/mol. The second kappa shape index (κ2) is 5.63. The fraction of sp³-hybridized carbons (Fsp3) is 0.417. The van der Waals surface area contributed by atoms with Crippen molar-refractivity contribution in [3.05, 3.63) is 35.9 Å². The lowest BCUT2D eigenvalue weighted by Gasteiger charge is -2.22. The van der Waals surface area contributed by atoms with Crippen LogP contribution in [0.2, 0.25) is 0 Å². The van der Waals surface area contributed by atoms with Gasteiger partial charge in [0.2, 0.25) is 6.23 Å². The van der Waals surface area contributed by atoms with Crippen molar-refractivity contribution in [3.63, 3.8) is 0 Å². The molecule has 1 amide bonds. The van der Waals surface area contributed by atoms with Gasteiger partial charge in [-0.1, -0.05) is 30.3 Å². The first kappa shape index (κ1) is 12.7. The number of nitrogens with zero attached hydrogens (tertiary/aromatic N) is 2. The maximum Gasteiger partial charge on any atom is 0.270 e. The normalized spacial score (nSPS) is 12.6. The van der Waals surface area contributed by atoms with E-state index in [1.165, 1.54) is 9.80 Å². The molecule has 0 aromatic heterocycles. The van der Waals surface area contributed by atoms with Crippen molar-refractivity contribution in [2.45, 2.75) is 12.8 Å². The first-order valence-corrected chi connectivity index (χ1v) is 5.13. The second-order valence-corrected chi connectivity index (χ2v) is 4.00. The third-order valence-electron chi connectivity index (χ3n) is 2.32. The predicted octanol–water partition coefficient (Wildman–Crippen LogP) is 0.963. The monoisotopic (exact) mass is 221 g/mol. The average molecular weight is 221 g/mol. The summed E-state index contributed by atoms with van der Waals surface area (Å²) in [6, 6.07) is 9.60. The fourth-order valence-electron chi connectivity index (χ4n) is 1.34. The second-order valence-electron chi connectivity index (χ2n) is 4.00. The minimum absolute atomic E-state index is 0.408. The van der Waals surface area contributed by atoms with E-state index >= 15 is 0 Å². The van der Waals surface area contributed by atoms with Gasteiger partial charge in [-0.15, -0.1) is 0 Å². The van der Waals surface area contributed by atoms with Crippen LogP contribution in [0.25, 0.3) is 0 Å². The Balaban J connectivity index is 2.59. The molecule has 1 radical (unpaired) electrons. The molecule has 1 rings (SSSR count). The van der Waals surface area contributed by atoms with E-state index in [-0.39, 0.29) is 0 Å². The number of rotatable bonds is 4. The summed E-state index contributed by atoms with van der Waals surface area (Å²) in [5, 5.41) is 11.5. The summed E-state index contributed by atoms with van der Waals surface area (Å²) in [7, 11) is 4.85. The summed E-state index contributed by atoms with van der Waals surface area (Å²) in [4.78, 5) is 14.5. The van der Waals surface area contributed by atoms with Gasteiger partial charge in [0, 0.05) is 13.6 Å². The van der Waals surface area contributed by atoms with Crippen LogP contribution < -0.4 is 0 Å². The molecule has 0 N–H and O–H groups in total. The maximum atomic E-state index is 11.7. The summed E-state index contributed by atoms with van der Waals surface area (Å²) in [6.45, 7) is 0.465. The SMILES string of the molecule is CN(Cc1ccccc1)C(=O)C([O])N(C)C. The summed E-state index contributed by atoms with van der Waals surface area (Å²) in [6.07, 6.45) is -1.33. The van der Waals surface area contributed by atoms with Crippen molar-refractivity contribution < 1.29 is 9.90 Å². The molecule has 1 atom stereocenters. The molecule has 0 aliphatic rings. The zero-order chi connectivity index (χ0) is 12.1. The Morgan fingerprint density at radius 2 is 1.75 bits per heavy atom. The fourth-order valence-corrected chi connectivity index (χ4v) is 1.34. The Morgan fingerprint density at radius 3 is 2.25 bits per heavy atom. The van der Waals surface area contributed by atoms with E-state index < -0.39 is 12.1 Å². The van der Waals surface area contributed by atoms with Gasteiger partial charge >= 0.3 is 0 Å². The van der Waals surface area contributed by atoms with Crippen LogP contribution in [0.5, 0.6) is 0 Å². The van der Waals surface area contributed by atoms with Crippen molar-refractivity contribution in [2.24, 2.45) is 0 Å². The van der Waals surface area contributed by atoms with Gasteiger partial charge in [-0.25, -0.2) is 5.11 Å². The number of hydrogen-bond donors (Lipinski definition) is 0. The molecule has 1 aromatic carbocycles. The largest absolute Gasteiger partial charge is 0.338 e. The zero-order valence-corrected chi connectivity index (χ0v) is 9.88.